The van der Waals surface area contributed by atoms with Gasteiger partial charge in [-0.15, -0.1) is 0 Å². The molecule has 5 rings (SSSR count). The van der Waals surface area contributed by atoms with E-state index in [1.165, 1.54) is 0 Å². The van der Waals surface area contributed by atoms with Gasteiger partial charge in [-0.25, -0.2) is 13.2 Å². The number of morpholine rings is 1. The van der Waals surface area contributed by atoms with Crippen LogP contribution >= 0.6 is 0 Å². The van der Waals surface area contributed by atoms with Crippen LogP contribution in [-0.4, -0.2) is 75.2 Å². The van der Waals surface area contributed by atoms with E-state index in [-0.39, 0.29) is 6.03 Å². The van der Waals surface area contributed by atoms with Crippen LogP contribution in [0.15, 0.2) is 36.4 Å². The van der Waals surface area contributed by atoms with E-state index in [1.807, 2.05) is 48.6 Å². The van der Waals surface area contributed by atoms with Gasteiger partial charge in [0.15, 0.2) is 0 Å². The third-order valence-electron chi connectivity index (χ3n) is 6.32. The van der Waals surface area contributed by atoms with Crippen LogP contribution in [-0.2, 0) is 14.8 Å². The Morgan fingerprint density at radius 1 is 1.08 bits per heavy atom. The maximum Gasteiger partial charge on any atom is 0.321 e. The second-order valence-electron chi connectivity index (χ2n) is 9.08. The number of aromatic amines is 1. The summed E-state index contributed by atoms with van der Waals surface area (Å²) in [4.78, 5) is 16.4. The quantitative estimate of drug-likeness (QED) is 0.466. The molecule has 0 aliphatic carbocycles. The number of benzene rings is 2. The van der Waals surface area contributed by atoms with Crippen molar-refractivity contribution in [1.82, 2.24) is 15.1 Å². The van der Waals surface area contributed by atoms with Crippen molar-refractivity contribution in [3.8, 4) is 0 Å². The second kappa shape index (κ2) is 10.2. The van der Waals surface area contributed by atoms with Gasteiger partial charge in [-0.2, -0.15) is 5.10 Å². The molecule has 190 valence electrons. The molecule has 2 aliphatic heterocycles. The summed E-state index contributed by atoms with van der Waals surface area (Å²) in [6.45, 7) is 4.04. The minimum Gasteiger partial charge on any atom is -0.378 e. The van der Waals surface area contributed by atoms with Crippen LogP contribution < -0.4 is 14.9 Å². The Hall–Kier alpha value is -3.57. The Bertz CT molecular complexity index is 1390. The molecule has 0 saturated carbocycles. The number of sulfonamides is 1. The zero-order chi connectivity index (χ0) is 25.1. The van der Waals surface area contributed by atoms with Gasteiger partial charge < -0.3 is 19.9 Å². The molecule has 3 N–H and O–H groups in total. The van der Waals surface area contributed by atoms with Crippen molar-refractivity contribution >= 4 is 56.2 Å². The van der Waals surface area contributed by atoms with Crippen LogP contribution in [0.2, 0.25) is 0 Å². The molecule has 0 unspecified atom stereocenters. The van der Waals surface area contributed by atoms with Crippen molar-refractivity contribution < 1.29 is 17.9 Å². The van der Waals surface area contributed by atoms with Crippen molar-refractivity contribution in [2.24, 2.45) is 0 Å². The molecule has 11 heteroatoms. The lowest BCUT2D eigenvalue weighted by molar-refractivity contribution is 0.0564. The van der Waals surface area contributed by atoms with E-state index in [9.17, 15) is 13.2 Å². The number of anilines is 3. The SMILES string of the molecule is CS(=O)(=O)Nc1cc2c(C=Cc3cccc(NC(=O)N4CCOCC4)c3)n[nH]c2cc1N1CCCC1. The van der Waals surface area contributed by atoms with Crippen molar-refractivity contribution in [1.29, 1.82) is 0 Å². The number of rotatable bonds is 6. The number of hydrogen-bond donors (Lipinski definition) is 3. The van der Waals surface area contributed by atoms with Gasteiger partial charge in [0.2, 0.25) is 10.0 Å². The zero-order valence-corrected chi connectivity index (χ0v) is 21.0. The molecular formula is C25H30N6O4S. The van der Waals surface area contributed by atoms with Crippen LogP contribution in [0.25, 0.3) is 23.1 Å². The fraction of sp³-hybridized carbons (Fsp3) is 0.360. The molecule has 0 radical (unpaired) electrons. The summed E-state index contributed by atoms with van der Waals surface area (Å²) >= 11 is 0. The first-order chi connectivity index (χ1) is 17.4. The number of aromatic nitrogens is 2. The zero-order valence-electron chi connectivity index (χ0n) is 20.2. The molecule has 1 aromatic heterocycles. The minimum absolute atomic E-state index is 0.141. The molecule has 0 bridgehead atoms. The first-order valence-electron chi connectivity index (χ1n) is 12.0. The molecule has 2 saturated heterocycles. The summed E-state index contributed by atoms with van der Waals surface area (Å²) in [5, 5.41) is 11.3. The number of hydrogen-bond acceptors (Lipinski definition) is 6. The molecule has 3 aromatic rings. The normalized spacial score (nSPS) is 16.7. The van der Waals surface area contributed by atoms with Crippen LogP contribution in [0.4, 0.5) is 21.9 Å². The van der Waals surface area contributed by atoms with Crippen LogP contribution in [0.3, 0.4) is 0 Å². The third-order valence-corrected chi connectivity index (χ3v) is 6.91. The fourth-order valence-corrected chi connectivity index (χ4v) is 5.13. The number of carbonyl (C=O) groups excluding carboxylic acids is 1. The largest absolute Gasteiger partial charge is 0.378 e. The third kappa shape index (κ3) is 5.63. The monoisotopic (exact) mass is 510 g/mol. The number of carbonyl (C=O) groups is 1. The number of nitrogens with one attached hydrogen (secondary N) is 3. The Morgan fingerprint density at radius 2 is 1.86 bits per heavy atom. The van der Waals surface area contributed by atoms with Crippen molar-refractivity contribution in [2.75, 3.05) is 60.6 Å². The highest BCUT2D eigenvalue weighted by Gasteiger charge is 2.20. The minimum atomic E-state index is -3.44. The average Bonchev–Trinajstić information content (AvgIpc) is 3.52. The lowest BCUT2D eigenvalue weighted by Gasteiger charge is -2.26. The lowest BCUT2D eigenvalue weighted by atomic mass is 10.1. The number of nitrogens with zero attached hydrogens (tertiary/aromatic N) is 3. The smallest absolute Gasteiger partial charge is 0.321 e. The summed E-state index contributed by atoms with van der Waals surface area (Å²) in [5.74, 6) is 0. The second-order valence-corrected chi connectivity index (χ2v) is 10.8. The van der Waals surface area contributed by atoms with E-state index in [2.05, 4.69) is 25.1 Å². The van der Waals surface area contributed by atoms with Gasteiger partial charge in [0.05, 0.1) is 42.1 Å². The Balaban J connectivity index is 1.38. The maximum absolute atomic E-state index is 12.5. The van der Waals surface area contributed by atoms with Crippen LogP contribution in [0.1, 0.15) is 24.1 Å². The van der Waals surface area contributed by atoms with E-state index >= 15 is 0 Å². The molecular weight excluding hydrogens is 480 g/mol. The van der Waals surface area contributed by atoms with Gasteiger partial charge in [0.25, 0.3) is 0 Å². The highest BCUT2D eigenvalue weighted by molar-refractivity contribution is 7.92. The predicted octanol–water partition coefficient (Wildman–Crippen LogP) is 3.57. The number of urea groups is 1. The average molecular weight is 511 g/mol. The summed E-state index contributed by atoms with van der Waals surface area (Å²) < 4.78 is 32.1. The molecule has 2 aromatic carbocycles. The first kappa shape index (κ1) is 24.1. The van der Waals surface area contributed by atoms with E-state index < -0.39 is 10.0 Å². The number of H-pyrrole nitrogens is 1. The Kier molecular flexibility index (Phi) is 6.84. The van der Waals surface area contributed by atoms with Crippen LogP contribution in [0.5, 0.6) is 0 Å². The van der Waals surface area contributed by atoms with E-state index in [0.717, 1.165) is 54.3 Å². The Morgan fingerprint density at radius 3 is 2.61 bits per heavy atom. The van der Waals surface area contributed by atoms with Gasteiger partial charge in [0.1, 0.15) is 0 Å². The highest BCUT2D eigenvalue weighted by Crippen LogP contribution is 2.35. The molecule has 0 spiro atoms. The van der Waals surface area contributed by atoms with E-state index in [1.54, 1.807) is 4.90 Å². The van der Waals surface area contributed by atoms with E-state index in [0.29, 0.717) is 43.4 Å². The lowest BCUT2D eigenvalue weighted by Crippen LogP contribution is -2.43. The fourth-order valence-electron chi connectivity index (χ4n) is 4.57. The topological polar surface area (TPSA) is 120 Å². The summed E-state index contributed by atoms with van der Waals surface area (Å²) in [6, 6.07) is 11.2. The summed E-state index contributed by atoms with van der Waals surface area (Å²) in [6.07, 6.45) is 7.12. The van der Waals surface area contributed by atoms with E-state index in [4.69, 9.17) is 4.74 Å². The molecule has 36 heavy (non-hydrogen) atoms. The van der Waals surface area contributed by atoms with Gasteiger partial charge >= 0.3 is 6.03 Å². The van der Waals surface area contributed by atoms with Gasteiger partial charge in [0, 0.05) is 37.3 Å². The standard InChI is InChI=1S/C25H30N6O4S/c1-36(33,34)29-23-16-20-21(27-28-22(20)17-24(23)30-9-2-3-10-30)8-7-18-5-4-6-19(15-18)26-25(32)31-11-13-35-14-12-31/h4-8,15-17,29H,2-3,9-14H2,1H3,(H,26,32)(H,27,28). The summed E-state index contributed by atoms with van der Waals surface area (Å²) in [7, 11) is -3.44. The number of fused-ring (bicyclic) bond motifs is 1. The van der Waals surface area contributed by atoms with Crippen molar-refractivity contribution in [3.63, 3.8) is 0 Å². The molecule has 2 amide bonds. The molecule has 2 aliphatic rings. The van der Waals surface area contributed by atoms with Crippen molar-refractivity contribution in [2.45, 2.75) is 12.8 Å². The van der Waals surface area contributed by atoms with Gasteiger partial charge in [-0.3, -0.25) is 9.82 Å². The molecule has 10 nitrogen and oxygen atoms in total. The summed E-state index contributed by atoms with van der Waals surface area (Å²) in [5.41, 5.74) is 4.54. The van der Waals surface area contributed by atoms with Crippen molar-refractivity contribution in [3.05, 3.63) is 47.7 Å². The maximum atomic E-state index is 12.5. The predicted molar refractivity (Wildman–Crippen MR) is 143 cm³/mol. The molecule has 2 fully saturated rings. The highest BCUT2D eigenvalue weighted by atomic mass is 32.2. The van der Waals surface area contributed by atoms with Gasteiger partial charge in [-0.05, 0) is 48.7 Å². The van der Waals surface area contributed by atoms with Crippen LogP contribution in [0, 0.1) is 0 Å². The first-order valence-corrected chi connectivity index (χ1v) is 13.9. The Labute approximate surface area is 210 Å². The number of amides is 2. The molecule has 0 atom stereocenters. The number of ether oxygens (including phenoxy) is 1. The molecule has 3 heterocycles. The van der Waals surface area contributed by atoms with Gasteiger partial charge in [-0.1, -0.05) is 18.2 Å².